The molecule has 0 fully saturated rings. The van der Waals surface area contributed by atoms with Gasteiger partial charge in [0.2, 0.25) is 5.69 Å². The van der Waals surface area contributed by atoms with E-state index in [1.54, 1.807) is 54.6 Å². The molecule has 4 aromatic rings. The van der Waals surface area contributed by atoms with Gasteiger partial charge in [0, 0.05) is 79.3 Å². The molecule has 18 nitrogen and oxygen atoms in total. The van der Waals surface area contributed by atoms with E-state index in [0.717, 1.165) is 6.07 Å². The third kappa shape index (κ3) is 12.2. The molecule has 2 aliphatic rings. The highest BCUT2D eigenvalue weighted by atomic mass is 32.2. The van der Waals surface area contributed by atoms with E-state index in [1.807, 2.05) is 42.4 Å². The predicted molar refractivity (Wildman–Crippen MR) is 262 cm³/mol. The van der Waals surface area contributed by atoms with Crippen LogP contribution in [0, 0.1) is 0 Å². The first-order chi connectivity index (χ1) is 33.1. The number of aliphatic carboxylic acids is 1. The Kier molecular flexibility index (Phi) is 16.7. The highest BCUT2D eigenvalue weighted by molar-refractivity contribution is 7.87. The number of hydrogen-bond donors (Lipinski definition) is 1. The number of carbonyl (C=O) groups is 1. The van der Waals surface area contributed by atoms with Gasteiger partial charge in [-0.25, -0.2) is 33.7 Å². The molecule has 0 saturated heterocycles. The number of anilines is 1. The van der Waals surface area contributed by atoms with Crippen molar-refractivity contribution in [1.82, 2.24) is 0 Å². The van der Waals surface area contributed by atoms with Crippen LogP contribution in [-0.4, -0.2) is 120 Å². The zero-order valence-electron chi connectivity index (χ0n) is 39.7. The zero-order chi connectivity index (χ0) is 52.3. The number of benzene rings is 4. The average Bonchev–Trinajstić information content (AvgIpc) is 3.63. The molecular weight excluding hydrogens is 1000 g/mol. The molecule has 0 aliphatic carbocycles. The summed E-state index contributed by atoms with van der Waals surface area (Å²) in [6.45, 7) is 6.74. The monoisotopic (exact) mass is 1060 g/mol. The summed E-state index contributed by atoms with van der Waals surface area (Å²) < 4.78 is 160. The van der Waals surface area contributed by atoms with Crippen LogP contribution >= 0.6 is 0 Å². The highest BCUT2D eigenvalue weighted by Crippen LogP contribution is 2.54. The topological polar surface area (TPSA) is 291 Å². The number of carboxylic acid groups (broad SMARTS) is 1. The molecule has 2 heterocycles. The molecular formula is C49H55N2O16S4-3. The summed E-state index contributed by atoms with van der Waals surface area (Å²) in [5, 5.41) is 9.88. The number of methoxy groups -OCH3 is 2. The van der Waals surface area contributed by atoms with E-state index in [1.165, 1.54) is 26.4 Å². The predicted octanol–water partition coefficient (Wildman–Crippen LogP) is 6.22. The van der Waals surface area contributed by atoms with Gasteiger partial charge in [-0.3, -0.25) is 4.79 Å². The first kappa shape index (κ1) is 55.2. The van der Waals surface area contributed by atoms with Gasteiger partial charge in [-0.05, 0) is 117 Å². The minimum Gasteiger partial charge on any atom is -0.748 e. The molecule has 0 amide bonds. The van der Waals surface area contributed by atoms with E-state index in [4.69, 9.17) is 9.47 Å². The Hall–Kier alpha value is -5.14. The first-order valence-corrected chi connectivity index (χ1v) is 28.3. The molecule has 71 heavy (non-hydrogen) atoms. The van der Waals surface area contributed by atoms with Crippen LogP contribution in [0.25, 0.3) is 21.5 Å². The molecule has 22 heteroatoms. The van der Waals surface area contributed by atoms with E-state index in [2.05, 4.69) is 0 Å². The molecule has 1 unspecified atom stereocenters. The number of carboxylic acids is 1. The largest absolute Gasteiger partial charge is 0.748 e. The molecule has 2 aliphatic heterocycles. The van der Waals surface area contributed by atoms with Crippen molar-refractivity contribution >= 4 is 85.1 Å². The molecule has 1 atom stereocenters. The second-order valence-corrected chi connectivity index (χ2v) is 23.7. The maximum atomic E-state index is 12.7. The lowest BCUT2D eigenvalue weighted by atomic mass is 9.75. The maximum absolute atomic E-state index is 12.7. The van der Waals surface area contributed by atoms with Crippen molar-refractivity contribution in [3.8, 4) is 0 Å². The van der Waals surface area contributed by atoms with Gasteiger partial charge in [0.25, 0.3) is 0 Å². The molecule has 0 aromatic heterocycles. The van der Waals surface area contributed by atoms with Gasteiger partial charge < -0.3 is 37.7 Å². The Bertz CT molecular complexity index is 3380. The fourth-order valence-corrected chi connectivity index (χ4v) is 12.4. The number of nitrogens with zero attached hydrogens (tertiary/aromatic N) is 2. The van der Waals surface area contributed by atoms with E-state index >= 15 is 0 Å². The molecule has 0 spiro atoms. The number of unbranched alkanes of at least 4 members (excludes halogenated alkanes) is 2. The maximum Gasteiger partial charge on any atom is 0.303 e. The zero-order valence-corrected chi connectivity index (χ0v) is 43.0. The van der Waals surface area contributed by atoms with Crippen LogP contribution in [0.15, 0.2) is 111 Å². The van der Waals surface area contributed by atoms with Gasteiger partial charge in [0.05, 0.1) is 43.4 Å². The number of rotatable bonds is 23. The van der Waals surface area contributed by atoms with Gasteiger partial charge in [0.15, 0.2) is 5.71 Å². The lowest BCUT2D eigenvalue weighted by Gasteiger charge is -2.31. The standard InChI is InChI=1S/C49H58N2O16S4/c1-48(2)43(50(24-13-9-12-17-45(52)53)39-20-18-36-38(46(39)48)31-34(69(57,58)59)32-42(36)71(63,64)65)15-10-7-6-8-11-16-44-49(3,23-14-28-68(54,55)56)47-37-29-33(22-26-66-4)30-41(70(60,61)62)35(37)19-21-40(47)51(44)25-27-67-5/h6-8,10-11,15-16,18-21,29-32H,9,12-14,17,22-28H2,1-5H3,(H4-,52,53,54,55,56,57,58,59,60,61,62,63,64,65)/p-3. The van der Waals surface area contributed by atoms with E-state index < -0.39 is 77.7 Å². The fraction of sp³-hybridized carbons (Fsp3) is 0.388. The van der Waals surface area contributed by atoms with Crippen LogP contribution in [-0.2, 0) is 72.0 Å². The summed E-state index contributed by atoms with van der Waals surface area (Å²) in [6.07, 6.45) is 14.3. The molecule has 1 N–H and O–H groups in total. The van der Waals surface area contributed by atoms with Crippen molar-refractivity contribution in [2.75, 3.05) is 51.2 Å². The van der Waals surface area contributed by atoms with Gasteiger partial charge >= 0.3 is 5.97 Å². The molecule has 6 rings (SSSR count). The minimum atomic E-state index is -5.24. The summed E-state index contributed by atoms with van der Waals surface area (Å²) in [6, 6.07) is 11.1. The Morgan fingerprint density at radius 2 is 1.32 bits per heavy atom. The number of allylic oxidation sites excluding steroid dienone is 8. The van der Waals surface area contributed by atoms with Gasteiger partial charge in [-0.15, -0.1) is 0 Å². The van der Waals surface area contributed by atoms with E-state index in [0.29, 0.717) is 89.7 Å². The Morgan fingerprint density at radius 1 is 0.704 bits per heavy atom. The minimum absolute atomic E-state index is 0.0247. The fourth-order valence-electron chi connectivity index (χ4n) is 9.87. The van der Waals surface area contributed by atoms with Gasteiger partial charge in [-0.1, -0.05) is 42.5 Å². The van der Waals surface area contributed by atoms with Gasteiger partial charge in [0.1, 0.15) is 36.9 Å². The van der Waals surface area contributed by atoms with Crippen LogP contribution in [0.2, 0.25) is 0 Å². The third-order valence-electron chi connectivity index (χ3n) is 13.0. The van der Waals surface area contributed by atoms with Crippen molar-refractivity contribution in [2.24, 2.45) is 0 Å². The molecule has 0 radical (unpaired) electrons. The Balaban J connectivity index is 1.42. The lowest BCUT2D eigenvalue weighted by molar-refractivity contribution is -0.438. The van der Waals surface area contributed by atoms with Crippen molar-refractivity contribution in [3.05, 3.63) is 113 Å². The average molecular weight is 1060 g/mol. The van der Waals surface area contributed by atoms with Crippen LogP contribution < -0.4 is 4.90 Å². The summed E-state index contributed by atoms with van der Waals surface area (Å²) in [7, 11) is -17.0. The summed E-state index contributed by atoms with van der Waals surface area (Å²) in [5.41, 5.74) is 2.28. The third-order valence-corrected chi connectivity index (χ3v) is 16.3. The van der Waals surface area contributed by atoms with Crippen LogP contribution in [0.3, 0.4) is 0 Å². The van der Waals surface area contributed by atoms with Crippen molar-refractivity contribution in [1.29, 1.82) is 0 Å². The number of fused-ring (bicyclic) bond motifs is 6. The van der Waals surface area contributed by atoms with E-state index in [9.17, 15) is 61.8 Å². The molecule has 384 valence electrons. The van der Waals surface area contributed by atoms with E-state index in [-0.39, 0.29) is 48.6 Å². The van der Waals surface area contributed by atoms with Crippen LogP contribution in [0.5, 0.6) is 0 Å². The van der Waals surface area contributed by atoms with Gasteiger partial charge in [-0.2, -0.15) is 4.58 Å². The summed E-state index contributed by atoms with van der Waals surface area (Å²) in [5.74, 6) is -1.58. The second kappa shape index (κ2) is 21.5. The Labute approximate surface area is 414 Å². The Morgan fingerprint density at radius 3 is 1.94 bits per heavy atom. The van der Waals surface area contributed by atoms with Crippen molar-refractivity contribution in [3.63, 3.8) is 0 Å². The molecule has 0 bridgehead atoms. The number of ether oxygens (including phenoxy) is 2. The molecule has 0 saturated carbocycles. The number of hydrogen-bond acceptors (Lipinski definition) is 16. The smallest absolute Gasteiger partial charge is 0.303 e. The van der Waals surface area contributed by atoms with Crippen LogP contribution in [0.4, 0.5) is 11.4 Å². The second-order valence-electron chi connectivity index (χ2n) is 18.1. The highest BCUT2D eigenvalue weighted by Gasteiger charge is 2.46. The SMILES string of the molecule is COCCc1cc(S(=O)(=O)[O-])c2ccc3c(c2c1)C(C)(CCCS(=O)(=O)[O-])\C(=C/C=C/C=C/C=C/C1=[N+](CCCCCC(=O)O)c2ccc4c(S(=O)(=O)[O-])cc(S(=O)(=O)[O-])cc4c2C1(C)C)N3CCOC. The summed E-state index contributed by atoms with van der Waals surface area (Å²) in [4.78, 5) is 11.1. The van der Waals surface area contributed by atoms with Crippen molar-refractivity contribution < 1.29 is 75.8 Å². The summed E-state index contributed by atoms with van der Waals surface area (Å²) >= 11 is 0. The molecule has 4 aromatic carbocycles. The van der Waals surface area contributed by atoms with Crippen molar-refractivity contribution in [2.45, 2.75) is 91.2 Å². The first-order valence-electron chi connectivity index (χ1n) is 22.5. The lowest BCUT2D eigenvalue weighted by Crippen LogP contribution is -2.31. The quantitative estimate of drug-likeness (QED) is 0.0373. The normalized spacial score (nSPS) is 18.1. The van der Waals surface area contributed by atoms with Crippen LogP contribution in [0.1, 0.15) is 76.0 Å².